The smallest absolute Gasteiger partial charge is 0.132 e. The molecule has 0 unspecified atom stereocenters. The van der Waals surface area contributed by atoms with Crippen molar-refractivity contribution in [3.05, 3.63) is 54.1 Å². The third kappa shape index (κ3) is 3.53. The number of para-hydroxylation sites is 1. The van der Waals surface area contributed by atoms with Crippen LogP contribution in [0.25, 0.3) is 10.9 Å². The van der Waals surface area contributed by atoms with Gasteiger partial charge >= 0.3 is 0 Å². The molecule has 1 saturated heterocycles. The van der Waals surface area contributed by atoms with E-state index in [4.69, 9.17) is 0 Å². The SMILES string of the molecule is Cc1nc(CNc2cccc3cccnc23)cc(N2CCNCC2)n1. The molecule has 128 valence electrons. The zero-order valence-corrected chi connectivity index (χ0v) is 14.4. The van der Waals surface area contributed by atoms with Crippen LogP contribution in [0, 0.1) is 6.92 Å². The molecule has 4 rings (SSSR count). The fraction of sp³-hybridized carbons (Fsp3) is 0.316. The van der Waals surface area contributed by atoms with E-state index in [1.807, 2.05) is 25.3 Å². The Morgan fingerprint density at radius 1 is 1.12 bits per heavy atom. The first-order chi connectivity index (χ1) is 12.3. The Hall–Kier alpha value is -2.73. The van der Waals surface area contributed by atoms with Gasteiger partial charge in [0.25, 0.3) is 0 Å². The Kier molecular flexibility index (Phi) is 4.43. The first-order valence-corrected chi connectivity index (χ1v) is 8.67. The Morgan fingerprint density at radius 2 is 1.96 bits per heavy atom. The number of aromatic nitrogens is 3. The van der Waals surface area contributed by atoms with Crippen LogP contribution in [0.5, 0.6) is 0 Å². The molecule has 0 saturated carbocycles. The number of aryl methyl sites for hydroxylation is 1. The van der Waals surface area contributed by atoms with Gasteiger partial charge in [-0.1, -0.05) is 18.2 Å². The maximum absolute atomic E-state index is 4.61. The molecule has 1 fully saturated rings. The molecular weight excluding hydrogens is 312 g/mol. The van der Waals surface area contributed by atoms with E-state index >= 15 is 0 Å². The van der Waals surface area contributed by atoms with Gasteiger partial charge in [0.15, 0.2) is 0 Å². The van der Waals surface area contributed by atoms with Crippen LogP contribution in [0.3, 0.4) is 0 Å². The molecule has 0 amide bonds. The van der Waals surface area contributed by atoms with Gasteiger partial charge in [0.1, 0.15) is 11.6 Å². The van der Waals surface area contributed by atoms with Crippen molar-refractivity contribution in [2.75, 3.05) is 36.4 Å². The molecule has 1 aliphatic heterocycles. The van der Waals surface area contributed by atoms with Gasteiger partial charge < -0.3 is 15.5 Å². The summed E-state index contributed by atoms with van der Waals surface area (Å²) in [5.41, 5.74) is 3.00. The highest BCUT2D eigenvalue weighted by atomic mass is 15.2. The molecule has 6 nitrogen and oxygen atoms in total. The lowest BCUT2D eigenvalue weighted by molar-refractivity contribution is 0.583. The number of fused-ring (bicyclic) bond motifs is 1. The number of pyridine rings is 1. The topological polar surface area (TPSA) is 66.0 Å². The Balaban J connectivity index is 1.55. The second-order valence-corrected chi connectivity index (χ2v) is 6.24. The van der Waals surface area contributed by atoms with Gasteiger partial charge in [-0.3, -0.25) is 4.98 Å². The molecule has 6 heteroatoms. The molecule has 1 aliphatic rings. The van der Waals surface area contributed by atoms with Gasteiger partial charge in [-0.05, 0) is 19.1 Å². The minimum absolute atomic E-state index is 0.651. The Bertz CT molecular complexity index is 867. The number of nitrogens with zero attached hydrogens (tertiary/aromatic N) is 4. The molecule has 25 heavy (non-hydrogen) atoms. The fourth-order valence-corrected chi connectivity index (χ4v) is 3.19. The number of anilines is 2. The predicted molar refractivity (Wildman–Crippen MR) is 101 cm³/mol. The number of benzene rings is 1. The van der Waals surface area contributed by atoms with Crippen LogP contribution in [-0.4, -0.2) is 41.1 Å². The second-order valence-electron chi connectivity index (χ2n) is 6.24. The molecule has 0 bridgehead atoms. The molecule has 3 heterocycles. The molecule has 0 aliphatic carbocycles. The van der Waals surface area contributed by atoms with Crippen molar-refractivity contribution in [1.29, 1.82) is 0 Å². The second kappa shape index (κ2) is 7.03. The van der Waals surface area contributed by atoms with Crippen molar-refractivity contribution < 1.29 is 0 Å². The Morgan fingerprint density at radius 3 is 2.84 bits per heavy atom. The van der Waals surface area contributed by atoms with Crippen molar-refractivity contribution in [1.82, 2.24) is 20.3 Å². The van der Waals surface area contributed by atoms with E-state index in [9.17, 15) is 0 Å². The van der Waals surface area contributed by atoms with E-state index in [1.54, 1.807) is 0 Å². The normalized spacial score (nSPS) is 14.7. The van der Waals surface area contributed by atoms with Crippen molar-refractivity contribution >= 4 is 22.4 Å². The Labute approximate surface area is 147 Å². The highest BCUT2D eigenvalue weighted by Gasteiger charge is 2.13. The quantitative estimate of drug-likeness (QED) is 0.763. The maximum Gasteiger partial charge on any atom is 0.132 e. The third-order valence-corrected chi connectivity index (χ3v) is 4.41. The summed E-state index contributed by atoms with van der Waals surface area (Å²) in [7, 11) is 0. The first-order valence-electron chi connectivity index (χ1n) is 8.67. The van der Waals surface area contributed by atoms with Crippen LogP contribution in [-0.2, 0) is 6.54 Å². The van der Waals surface area contributed by atoms with E-state index in [-0.39, 0.29) is 0 Å². The molecule has 2 N–H and O–H groups in total. The molecular formula is C19H22N6. The van der Waals surface area contributed by atoms with Crippen molar-refractivity contribution in [3.8, 4) is 0 Å². The standard InChI is InChI=1S/C19H22N6/c1-14-23-16(12-18(24-14)25-10-8-20-9-11-25)13-22-17-6-2-4-15-5-3-7-21-19(15)17/h2-7,12,20,22H,8-11,13H2,1H3. The van der Waals surface area contributed by atoms with Gasteiger partial charge in [0, 0.05) is 43.8 Å². The lowest BCUT2D eigenvalue weighted by Crippen LogP contribution is -2.44. The van der Waals surface area contributed by atoms with Crippen LogP contribution in [0.1, 0.15) is 11.5 Å². The fourth-order valence-electron chi connectivity index (χ4n) is 3.19. The third-order valence-electron chi connectivity index (χ3n) is 4.41. The van der Waals surface area contributed by atoms with Gasteiger partial charge in [-0.25, -0.2) is 9.97 Å². The molecule has 1 aromatic carbocycles. The van der Waals surface area contributed by atoms with Crippen LogP contribution >= 0.6 is 0 Å². The van der Waals surface area contributed by atoms with Crippen LogP contribution in [0.15, 0.2) is 42.6 Å². The van der Waals surface area contributed by atoms with Crippen LogP contribution < -0.4 is 15.5 Å². The average molecular weight is 334 g/mol. The van der Waals surface area contributed by atoms with E-state index in [0.29, 0.717) is 6.54 Å². The van der Waals surface area contributed by atoms with Crippen LogP contribution in [0.4, 0.5) is 11.5 Å². The maximum atomic E-state index is 4.61. The van der Waals surface area contributed by atoms with E-state index < -0.39 is 0 Å². The first kappa shape index (κ1) is 15.8. The minimum Gasteiger partial charge on any atom is -0.378 e. The average Bonchev–Trinajstić information content (AvgIpc) is 2.66. The molecule has 0 radical (unpaired) electrons. The summed E-state index contributed by atoms with van der Waals surface area (Å²) in [5.74, 6) is 1.82. The van der Waals surface area contributed by atoms with Crippen molar-refractivity contribution in [2.24, 2.45) is 0 Å². The molecule has 2 aromatic heterocycles. The summed E-state index contributed by atoms with van der Waals surface area (Å²) < 4.78 is 0. The minimum atomic E-state index is 0.651. The number of hydrogen-bond donors (Lipinski definition) is 2. The number of piperazine rings is 1. The lowest BCUT2D eigenvalue weighted by atomic mass is 10.2. The number of rotatable bonds is 4. The summed E-state index contributed by atoms with van der Waals surface area (Å²) in [4.78, 5) is 16.0. The van der Waals surface area contributed by atoms with Crippen molar-refractivity contribution in [3.63, 3.8) is 0 Å². The largest absolute Gasteiger partial charge is 0.378 e. The van der Waals surface area contributed by atoms with E-state index in [1.165, 1.54) is 0 Å². The zero-order valence-electron chi connectivity index (χ0n) is 14.4. The zero-order chi connectivity index (χ0) is 17.1. The molecule has 3 aromatic rings. The summed E-state index contributed by atoms with van der Waals surface area (Å²) in [6, 6.07) is 12.3. The van der Waals surface area contributed by atoms with Gasteiger partial charge in [-0.2, -0.15) is 0 Å². The van der Waals surface area contributed by atoms with Gasteiger partial charge in [-0.15, -0.1) is 0 Å². The highest BCUT2D eigenvalue weighted by Crippen LogP contribution is 2.21. The predicted octanol–water partition coefficient (Wildman–Crippen LogP) is 2.35. The summed E-state index contributed by atoms with van der Waals surface area (Å²) >= 11 is 0. The summed E-state index contributed by atoms with van der Waals surface area (Å²) in [6.45, 7) is 6.57. The van der Waals surface area contributed by atoms with Gasteiger partial charge in [0.2, 0.25) is 0 Å². The van der Waals surface area contributed by atoms with Crippen LogP contribution in [0.2, 0.25) is 0 Å². The highest BCUT2D eigenvalue weighted by molar-refractivity contribution is 5.90. The number of nitrogens with one attached hydrogen (secondary N) is 2. The van der Waals surface area contributed by atoms with Gasteiger partial charge in [0.05, 0.1) is 23.4 Å². The lowest BCUT2D eigenvalue weighted by Gasteiger charge is -2.28. The summed E-state index contributed by atoms with van der Waals surface area (Å²) in [5, 5.41) is 7.98. The monoisotopic (exact) mass is 334 g/mol. The van der Waals surface area contributed by atoms with Crippen molar-refractivity contribution in [2.45, 2.75) is 13.5 Å². The summed E-state index contributed by atoms with van der Waals surface area (Å²) in [6.07, 6.45) is 1.82. The van der Waals surface area contributed by atoms with E-state index in [2.05, 4.69) is 54.8 Å². The molecule has 0 spiro atoms. The number of hydrogen-bond acceptors (Lipinski definition) is 6. The molecule has 0 atom stereocenters. The van der Waals surface area contributed by atoms with E-state index in [0.717, 1.165) is 60.1 Å².